The van der Waals surface area contributed by atoms with Crippen LogP contribution >= 0.6 is 0 Å². The molecule has 0 fully saturated rings. The smallest absolute Gasteiger partial charge is 0.217 e. The molecule has 0 aliphatic heterocycles. The minimum absolute atomic E-state index is 0.160. The number of rotatable bonds is 11. The van der Waals surface area contributed by atoms with E-state index in [2.05, 4.69) is 30.3 Å². The minimum Gasteiger partial charge on any atom is -0.372 e. The SMILES string of the molecule is C[C@@H](OCc1ccc2cc(CCCC(N)=O)ccc2c1)[C@@H](N)CCC(N)=O. The van der Waals surface area contributed by atoms with Gasteiger partial charge >= 0.3 is 0 Å². The zero-order valence-corrected chi connectivity index (χ0v) is 15.8. The van der Waals surface area contributed by atoms with Crippen molar-refractivity contribution < 1.29 is 14.3 Å². The molecule has 146 valence electrons. The molecule has 6 nitrogen and oxygen atoms in total. The molecule has 0 unspecified atom stereocenters. The quantitative estimate of drug-likeness (QED) is 0.560. The highest BCUT2D eigenvalue weighted by molar-refractivity contribution is 5.83. The molecular weight excluding hydrogens is 342 g/mol. The zero-order valence-electron chi connectivity index (χ0n) is 15.8. The van der Waals surface area contributed by atoms with Crippen molar-refractivity contribution in [3.8, 4) is 0 Å². The van der Waals surface area contributed by atoms with Gasteiger partial charge in [0.15, 0.2) is 0 Å². The number of amides is 2. The van der Waals surface area contributed by atoms with Crippen LogP contribution < -0.4 is 17.2 Å². The first-order valence-corrected chi connectivity index (χ1v) is 9.30. The van der Waals surface area contributed by atoms with Gasteiger partial charge in [-0.2, -0.15) is 0 Å². The summed E-state index contributed by atoms with van der Waals surface area (Å²) >= 11 is 0. The van der Waals surface area contributed by atoms with E-state index in [-0.39, 0.29) is 30.4 Å². The summed E-state index contributed by atoms with van der Waals surface area (Å²) in [4.78, 5) is 21.7. The predicted molar refractivity (Wildman–Crippen MR) is 107 cm³/mol. The lowest BCUT2D eigenvalue weighted by molar-refractivity contribution is -0.119. The Morgan fingerprint density at radius 3 is 2.19 bits per heavy atom. The molecule has 2 rings (SSSR count). The van der Waals surface area contributed by atoms with E-state index in [4.69, 9.17) is 21.9 Å². The standard InChI is InChI=1S/C21H29N3O3/c1-14(19(22)9-10-21(24)26)27-13-16-6-8-17-11-15(3-2-4-20(23)25)5-7-18(17)12-16/h5-8,11-12,14,19H,2-4,9-10,13,22H2,1H3,(H2,23,25)(H2,24,26)/t14-,19+/m1/s1. The van der Waals surface area contributed by atoms with Crippen LogP contribution in [-0.4, -0.2) is 24.0 Å². The fourth-order valence-corrected chi connectivity index (χ4v) is 2.95. The Labute approximate surface area is 160 Å². The number of primary amides is 2. The average molecular weight is 371 g/mol. The normalized spacial score (nSPS) is 13.4. The third-order valence-electron chi connectivity index (χ3n) is 4.70. The number of carbonyl (C=O) groups excluding carboxylic acids is 2. The van der Waals surface area contributed by atoms with Crippen molar-refractivity contribution in [1.82, 2.24) is 0 Å². The molecule has 0 spiro atoms. The Morgan fingerprint density at radius 1 is 0.963 bits per heavy atom. The van der Waals surface area contributed by atoms with Crippen LogP contribution in [0, 0.1) is 0 Å². The number of nitrogens with two attached hydrogens (primary N) is 3. The number of benzene rings is 2. The average Bonchev–Trinajstić information content (AvgIpc) is 2.63. The van der Waals surface area contributed by atoms with E-state index >= 15 is 0 Å². The molecule has 0 saturated heterocycles. The zero-order chi connectivity index (χ0) is 19.8. The summed E-state index contributed by atoms with van der Waals surface area (Å²) in [6, 6.07) is 12.3. The fraction of sp³-hybridized carbons (Fsp3) is 0.429. The lowest BCUT2D eigenvalue weighted by Crippen LogP contribution is -2.35. The Morgan fingerprint density at radius 2 is 1.56 bits per heavy atom. The van der Waals surface area contributed by atoms with Crippen molar-refractivity contribution in [2.24, 2.45) is 17.2 Å². The number of ether oxygens (including phenoxy) is 1. The molecule has 2 aromatic carbocycles. The Hall–Kier alpha value is -2.44. The third-order valence-corrected chi connectivity index (χ3v) is 4.70. The first-order valence-electron chi connectivity index (χ1n) is 9.30. The number of hydrogen-bond donors (Lipinski definition) is 3. The van der Waals surface area contributed by atoms with Gasteiger partial charge in [-0.05, 0) is 54.2 Å². The van der Waals surface area contributed by atoms with E-state index < -0.39 is 0 Å². The van der Waals surface area contributed by atoms with E-state index in [0.717, 1.165) is 29.2 Å². The maximum absolute atomic E-state index is 10.8. The summed E-state index contributed by atoms with van der Waals surface area (Å²) in [7, 11) is 0. The van der Waals surface area contributed by atoms with E-state index in [0.29, 0.717) is 19.4 Å². The van der Waals surface area contributed by atoms with Crippen LogP contribution in [0.3, 0.4) is 0 Å². The summed E-state index contributed by atoms with van der Waals surface area (Å²) in [5, 5.41) is 2.29. The molecule has 0 saturated carbocycles. The second-order valence-corrected chi connectivity index (χ2v) is 7.02. The van der Waals surface area contributed by atoms with E-state index in [1.165, 1.54) is 5.56 Å². The third kappa shape index (κ3) is 7.00. The molecule has 27 heavy (non-hydrogen) atoms. The molecule has 0 bridgehead atoms. The maximum atomic E-state index is 10.8. The Balaban J connectivity index is 1.92. The van der Waals surface area contributed by atoms with E-state index in [9.17, 15) is 9.59 Å². The Bertz CT molecular complexity index is 791. The molecule has 2 aromatic rings. The highest BCUT2D eigenvalue weighted by atomic mass is 16.5. The molecule has 0 radical (unpaired) electrons. The number of aryl methyl sites for hydroxylation is 1. The van der Waals surface area contributed by atoms with Gasteiger partial charge in [-0.15, -0.1) is 0 Å². The van der Waals surface area contributed by atoms with Gasteiger partial charge in [0.05, 0.1) is 12.7 Å². The van der Waals surface area contributed by atoms with Gasteiger partial charge in [0.25, 0.3) is 0 Å². The lowest BCUT2D eigenvalue weighted by atomic mass is 10.0. The van der Waals surface area contributed by atoms with Crippen LogP contribution in [0.4, 0.5) is 0 Å². The summed E-state index contributed by atoms with van der Waals surface area (Å²) in [5.74, 6) is -0.606. The largest absolute Gasteiger partial charge is 0.372 e. The first kappa shape index (κ1) is 20.9. The summed E-state index contributed by atoms with van der Waals surface area (Å²) in [5.41, 5.74) is 18.6. The van der Waals surface area contributed by atoms with Crippen LogP contribution in [-0.2, 0) is 27.4 Å². The highest BCUT2D eigenvalue weighted by Gasteiger charge is 2.14. The molecule has 2 amide bonds. The van der Waals surface area contributed by atoms with Crippen LogP contribution in [0.5, 0.6) is 0 Å². The van der Waals surface area contributed by atoms with Crippen LogP contribution in [0.15, 0.2) is 36.4 Å². The monoisotopic (exact) mass is 371 g/mol. The van der Waals surface area contributed by atoms with Gasteiger partial charge in [0.1, 0.15) is 0 Å². The van der Waals surface area contributed by atoms with Crippen LogP contribution in [0.25, 0.3) is 10.8 Å². The van der Waals surface area contributed by atoms with E-state index in [1.807, 2.05) is 13.0 Å². The maximum Gasteiger partial charge on any atom is 0.217 e. The minimum atomic E-state index is -0.346. The topological polar surface area (TPSA) is 121 Å². The molecule has 0 aliphatic rings. The number of hydrogen-bond acceptors (Lipinski definition) is 4. The second kappa shape index (κ2) is 10.0. The van der Waals surface area contributed by atoms with Gasteiger partial charge in [-0.25, -0.2) is 0 Å². The number of carbonyl (C=O) groups is 2. The molecule has 2 atom stereocenters. The van der Waals surface area contributed by atoms with Gasteiger partial charge < -0.3 is 21.9 Å². The molecule has 6 heteroatoms. The second-order valence-electron chi connectivity index (χ2n) is 7.02. The fourth-order valence-electron chi connectivity index (χ4n) is 2.95. The van der Waals surface area contributed by atoms with Crippen molar-refractivity contribution in [2.75, 3.05) is 0 Å². The van der Waals surface area contributed by atoms with Crippen LogP contribution in [0.1, 0.15) is 43.7 Å². The van der Waals surface area contributed by atoms with Gasteiger partial charge in [0.2, 0.25) is 11.8 Å². The predicted octanol–water partition coefficient (Wildman–Crippen LogP) is 2.15. The number of fused-ring (bicyclic) bond motifs is 1. The molecule has 0 heterocycles. The molecule has 0 aromatic heterocycles. The van der Waals surface area contributed by atoms with Crippen LogP contribution in [0.2, 0.25) is 0 Å². The van der Waals surface area contributed by atoms with Crippen molar-refractivity contribution in [1.29, 1.82) is 0 Å². The van der Waals surface area contributed by atoms with Crippen molar-refractivity contribution >= 4 is 22.6 Å². The van der Waals surface area contributed by atoms with Crippen molar-refractivity contribution in [2.45, 2.75) is 57.8 Å². The summed E-state index contributed by atoms with van der Waals surface area (Å²) in [6.07, 6.45) is 2.64. The summed E-state index contributed by atoms with van der Waals surface area (Å²) < 4.78 is 5.85. The van der Waals surface area contributed by atoms with Crippen molar-refractivity contribution in [3.05, 3.63) is 47.5 Å². The molecule has 0 aliphatic carbocycles. The Kier molecular flexibility index (Phi) is 7.76. The molecule has 6 N–H and O–H groups in total. The lowest BCUT2D eigenvalue weighted by Gasteiger charge is -2.20. The summed E-state index contributed by atoms with van der Waals surface area (Å²) in [6.45, 7) is 2.37. The van der Waals surface area contributed by atoms with E-state index in [1.54, 1.807) is 0 Å². The first-order chi connectivity index (χ1) is 12.8. The van der Waals surface area contributed by atoms with Gasteiger partial charge in [-0.1, -0.05) is 30.3 Å². The van der Waals surface area contributed by atoms with Gasteiger partial charge in [-0.3, -0.25) is 9.59 Å². The van der Waals surface area contributed by atoms with Gasteiger partial charge in [0, 0.05) is 18.9 Å². The van der Waals surface area contributed by atoms with Crippen molar-refractivity contribution in [3.63, 3.8) is 0 Å². The molecular formula is C21H29N3O3. The highest BCUT2D eigenvalue weighted by Crippen LogP contribution is 2.20.